The molecule has 0 aromatic heterocycles. The second-order valence-electron chi connectivity index (χ2n) is 0.465. The van der Waals surface area contributed by atoms with Gasteiger partial charge in [0, 0.05) is 6.20 Å². The summed E-state index contributed by atoms with van der Waals surface area (Å²) in [6.45, 7) is 0. The summed E-state index contributed by atoms with van der Waals surface area (Å²) in [5, 5.41) is 0. The topological polar surface area (TPSA) is 61.3 Å². The largest absolute Gasteiger partial charge is 0.418 e. The summed E-state index contributed by atoms with van der Waals surface area (Å²) in [6, 6.07) is 0. The van der Waals surface area contributed by atoms with Crippen LogP contribution in [0.5, 0.6) is 0 Å². The van der Waals surface area contributed by atoms with Crippen molar-refractivity contribution in [1.29, 1.82) is 0 Å². The molecule has 0 amide bonds. The van der Waals surface area contributed by atoms with Crippen molar-refractivity contribution < 1.29 is 4.84 Å². The smallest absolute Gasteiger partial charge is 0.126 e. The van der Waals surface area contributed by atoms with E-state index in [1.807, 2.05) is 0 Å². The van der Waals surface area contributed by atoms with Crippen LogP contribution in [0.1, 0.15) is 0 Å². The SMILES string of the molecule is N/C=C\ON. The normalized spacial score (nSPS) is 9.00. The Labute approximate surface area is 30.2 Å². The highest BCUT2D eigenvalue weighted by atomic mass is 16.6. The highest BCUT2D eigenvalue weighted by molar-refractivity contribution is 4.60. The molecule has 0 saturated heterocycles. The first-order valence-electron chi connectivity index (χ1n) is 1.14. The molecule has 4 N–H and O–H groups in total. The minimum atomic E-state index is 1.18. The molecule has 30 valence electrons. The Kier molecular flexibility index (Phi) is 2.84. The van der Waals surface area contributed by atoms with Gasteiger partial charge in [0.05, 0.1) is 0 Å². The second kappa shape index (κ2) is 3.30. The zero-order valence-corrected chi connectivity index (χ0v) is 2.72. The number of hydrogen-bond donors (Lipinski definition) is 2. The molecule has 0 saturated carbocycles. The standard InChI is InChI=1S/C2H6N2O/c3-1-2-5-4/h1-2H,3-4H2/b2-1-. The molecule has 0 spiro atoms. The highest BCUT2D eigenvalue weighted by Crippen LogP contribution is 1.52. The summed E-state index contributed by atoms with van der Waals surface area (Å²) in [7, 11) is 0. The highest BCUT2D eigenvalue weighted by Gasteiger charge is 1.47. The lowest BCUT2D eigenvalue weighted by atomic mass is 11.0. The molecule has 0 aromatic rings. The van der Waals surface area contributed by atoms with Gasteiger partial charge >= 0.3 is 0 Å². The van der Waals surface area contributed by atoms with Gasteiger partial charge in [0.2, 0.25) is 0 Å². The Morgan fingerprint density at radius 2 is 2.20 bits per heavy atom. The third-order valence-corrected chi connectivity index (χ3v) is 0.157. The summed E-state index contributed by atoms with van der Waals surface area (Å²) >= 11 is 0. The third kappa shape index (κ3) is 3.30. The maximum atomic E-state index is 4.75. The average Bonchev–Trinajstić information content (AvgIpc) is 1.41. The van der Waals surface area contributed by atoms with Crippen molar-refractivity contribution in [2.45, 2.75) is 0 Å². The van der Waals surface area contributed by atoms with Crippen LogP contribution >= 0.6 is 0 Å². The van der Waals surface area contributed by atoms with Crippen LogP contribution in [0.15, 0.2) is 12.5 Å². The molecule has 3 heteroatoms. The van der Waals surface area contributed by atoms with Crippen molar-refractivity contribution in [1.82, 2.24) is 0 Å². The van der Waals surface area contributed by atoms with E-state index in [4.69, 9.17) is 5.73 Å². The summed E-state index contributed by atoms with van der Waals surface area (Å²) in [6.07, 6.45) is 2.39. The van der Waals surface area contributed by atoms with Gasteiger partial charge < -0.3 is 10.6 Å². The van der Waals surface area contributed by atoms with Crippen LogP contribution in [0.4, 0.5) is 0 Å². The molecule has 0 aliphatic heterocycles. The minimum Gasteiger partial charge on any atom is -0.418 e. The lowest BCUT2D eigenvalue weighted by Gasteiger charge is -1.76. The lowest BCUT2D eigenvalue weighted by molar-refractivity contribution is 0.260. The van der Waals surface area contributed by atoms with Gasteiger partial charge in [-0.1, -0.05) is 0 Å². The summed E-state index contributed by atoms with van der Waals surface area (Å²) in [5.41, 5.74) is 4.75. The van der Waals surface area contributed by atoms with Gasteiger partial charge in [0.25, 0.3) is 0 Å². The monoisotopic (exact) mass is 74.0 g/mol. The van der Waals surface area contributed by atoms with Crippen LogP contribution in [0.25, 0.3) is 0 Å². The quantitative estimate of drug-likeness (QED) is 0.319. The van der Waals surface area contributed by atoms with E-state index < -0.39 is 0 Å². The van der Waals surface area contributed by atoms with Crippen LogP contribution in [0, 0.1) is 0 Å². The van der Waals surface area contributed by atoms with Crippen LogP contribution < -0.4 is 11.6 Å². The lowest BCUT2D eigenvalue weighted by Crippen LogP contribution is -1.89. The van der Waals surface area contributed by atoms with E-state index in [1.165, 1.54) is 12.5 Å². The Hall–Kier alpha value is -0.700. The molecule has 0 aromatic carbocycles. The van der Waals surface area contributed by atoms with Crippen LogP contribution in [-0.2, 0) is 4.84 Å². The maximum Gasteiger partial charge on any atom is 0.126 e. The molecule has 0 aliphatic rings. The predicted octanol–water partition coefficient (Wildman–Crippen LogP) is -0.693. The Balaban J connectivity index is 2.62. The predicted molar refractivity (Wildman–Crippen MR) is 18.6 cm³/mol. The van der Waals surface area contributed by atoms with Crippen LogP contribution in [0.2, 0.25) is 0 Å². The first-order chi connectivity index (χ1) is 2.41. The third-order valence-electron chi connectivity index (χ3n) is 0.157. The molecule has 0 unspecified atom stereocenters. The van der Waals surface area contributed by atoms with E-state index in [9.17, 15) is 0 Å². The first-order valence-corrected chi connectivity index (χ1v) is 1.14. The van der Waals surface area contributed by atoms with Crippen LogP contribution in [-0.4, -0.2) is 0 Å². The molecule has 0 fully saturated rings. The minimum absolute atomic E-state index is 1.18. The molecular weight excluding hydrogens is 68.0 g/mol. The van der Waals surface area contributed by atoms with E-state index in [-0.39, 0.29) is 0 Å². The number of nitrogens with two attached hydrogens (primary N) is 2. The number of rotatable bonds is 1. The Bertz CT molecular complexity index is 34.6. The van der Waals surface area contributed by atoms with E-state index in [0.717, 1.165) is 0 Å². The zero-order valence-electron chi connectivity index (χ0n) is 2.72. The molecule has 0 rings (SSSR count). The summed E-state index contributed by atoms with van der Waals surface area (Å²) in [5.74, 6) is 4.47. The number of hydrogen-bond acceptors (Lipinski definition) is 3. The molecule has 0 aliphatic carbocycles. The van der Waals surface area contributed by atoms with E-state index in [2.05, 4.69) is 10.7 Å². The van der Waals surface area contributed by atoms with Gasteiger partial charge in [-0.15, -0.1) is 0 Å². The molecular formula is C2H6N2O. The summed E-state index contributed by atoms with van der Waals surface area (Å²) in [4.78, 5) is 3.89. The summed E-state index contributed by atoms with van der Waals surface area (Å²) < 4.78 is 0. The fraction of sp³-hybridized carbons (Fsp3) is 0. The molecule has 0 heterocycles. The van der Waals surface area contributed by atoms with Crippen molar-refractivity contribution in [3.63, 3.8) is 0 Å². The zero-order chi connectivity index (χ0) is 4.12. The fourth-order valence-electron chi connectivity index (χ4n) is 0.0454. The van der Waals surface area contributed by atoms with Crippen molar-refractivity contribution in [3.05, 3.63) is 12.5 Å². The second-order valence-corrected chi connectivity index (χ2v) is 0.465. The van der Waals surface area contributed by atoms with E-state index in [1.54, 1.807) is 0 Å². The molecule has 5 heavy (non-hydrogen) atoms. The van der Waals surface area contributed by atoms with Crippen molar-refractivity contribution in [2.24, 2.45) is 11.6 Å². The van der Waals surface area contributed by atoms with Gasteiger partial charge in [0.15, 0.2) is 0 Å². The van der Waals surface area contributed by atoms with Crippen molar-refractivity contribution in [3.8, 4) is 0 Å². The Morgan fingerprint density at radius 1 is 1.60 bits per heavy atom. The molecule has 0 radical (unpaired) electrons. The first kappa shape index (κ1) is 4.30. The van der Waals surface area contributed by atoms with E-state index >= 15 is 0 Å². The molecule has 0 atom stereocenters. The average molecular weight is 74.1 g/mol. The van der Waals surface area contributed by atoms with Crippen LogP contribution in [0.3, 0.4) is 0 Å². The molecule has 0 bridgehead atoms. The Morgan fingerprint density at radius 3 is 2.20 bits per heavy atom. The van der Waals surface area contributed by atoms with Gasteiger partial charge in [-0.2, -0.15) is 5.90 Å². The fourth-order valence-corrected chi connectivity index (χ4v) is 0.0454. The van der Waals surface area contributed by atoms with Gasteiger partial charge in [-0.25, -0.2) is 0 Å². The maximum absolute atomic E-state index is 4.75. The van der Waals surface area contributed by atoms with Gasteiger partial charge in [-0.3, -0.25) is 0 Å². The molecule has 3 nitrogen and oxygen atoms in total. The van der Waals surface area contributed by atoms with Crippen molar-refractivity contribution in [2.75, 3.05) is 0 Å². The van der Waals surface area contributed by atoms with Gasteiger partial charge in [-0.05, 0) is 0 Å². The van der Waals surface area contributed by atoms with Crippen molar-refractivity contribution >= 4 is 0 Å². The van der Waals surface area contributed by atoms with E-state index in [0.29, 0.717) is 0 Å². The van der Waals surface area contributed by atoms with Gasteiger partial charge in [0.1, 0.15) is 6.26 Å².